The van der Waals surface area contributed by atoms with Gasteiger partial charge in [-0.15, -0.1) is 11.3 Å². The molecule has 1 heterocycles. The van der Waals surface area contributed by atoms with Crippen molar-refractivity contribution in [3.63, 3.8) is 0 Å². The fourth-order valence-corrected chi connectivity index (χ4v) is 4.10. The molecular weight excluding hydrogens is 348 g/mol. The Hall–Kier alpha value is -2.45. The van der Waals surface area contributed by atoms with Gasteiger partial charge in [-0.1, -0.05) is 30.3 Å². The summed E-state index contributed by atoms with van der Waals surface area (Å²) in [5.41, 5.74) is 0.0815. The summed E-state index contributed by atoms with van der Waals surface area (Å²) in [5, 5.41) is 3.35. The molecule has 0 amide bonds. The Morgan fingerprint density at radius 2 is 1.96 bits per heavy atom. The predicted molar refractivity (Wildman–Crippen MR) is 92.8 cm³/mol. The molecule has 124 valence electrons. The van der Waals surface area contributed by atoms with E-state index in [4.69, 9.17) is 4.74 Å². The van der Waals surface area contributed by atoms with Gasteiger partial charge in [0.05, 0.1) is 11.5 Å². The van der Waals surface area contributed by atoms with Crippen LogP contribution in [0.2, 0.25) is 0 Å². The minimum atomic E-state index is -3.78. The summed E-state index contributed by atoms with van der Waals surface area (Å²) in [6, 6.07) is 12.4. The Kier molecular flexibility index (Phi) is 4.50. The first-order chi connectivity index (χ1) is 11.5. The van der Waals surface area contributed by atoms with Crippen molar-refractivity contribution in [2.75, 3.05) is 11.3 Å². The number of anilines is 1. The number of carbonyl (C=O) groups excluding carboxylic acids is 1. The molecule has 3 rings (SSSR count). The van der Waals surface area contributed by atoms with Crippen LogP contribution < -0.4 is 4.72 Å². The van der Waals surface area contributed by atoms with E-state index in [9.17, 15) is 13.2 Å². The number of carbonyl (C=O) groups is 1. The van der Waals surface area contributed by atoms with Gasteiger partial charge < -0.3 is 4.74 Å². The number of hydrogen-bond acceptors (Lipinski definition) is 6. The van der Waals surface area contributed by atoms with Crippen molar-refractivity contribution < 1.29 is 17.9 Å². The van der Waals surface area contributed by atoms with E-state index in [0.29, 0.717) is 0 Å². The standard InChI is InChI=1S/C16H14N2O4S2/c1-2-22-15(19)14-10-23-16(17-14)18-24(20,21)13-8-7-11-5-3-4-6-12(11)9-13/h3-10H,2H2,1H3,(H,17,18). The first kappa shape index (κ1) is 16.4. The van der Waals surface area contributed by atoms with Gasteiger partial charge in [-0.25, -0.2) is 18.2 Å². The lowest BCUT2D eigenvalue weighted by molar-refractivity contribution is 0.0520. The maximum absolute atomic E-state index is 12.5. The number of rotatable bonds is 5. The molecule has 0 aliphatic rings. The van der Waals surface area contributed by atoms with Crippen LogP contribution >= 0.6 is 11.3 Å². The van der Waals surface area contributed by atoms with Crippen molar-refractivity contribution in [3.8, 4) is 0 Å². The van der Waals surface area contributed by atoms with E-state index in [2.05, 4.69) is 9.71 Å². The molecule has 6 nitrogen and oxygen atoms in total. The Bertz CT molecular complexity index is 996. The normalized spacial score (nSPS) is 11.4. The summed E-state index contributed by atoms with van der Waals surface area (Å²) < 4.78 is 32.2. The molecule has 0 radical (unpaired) electrons. The zero-order chi connectivity index (χ0) is 17.2. The third kappa shape index (κ3) is 3.39. The number of nitrogens with zero attached hydrogens (tertiary/aromatic N) is 1. The van der Waals surface area contributed by atoms with Crippen molar-refractivity contribution in [2.45, 2.75) is 11.8 Å². The summed E-state index contributed by atoms with van der Waals surface area (Å²) in [5.74, 6) is -0.579. The van der Waals surface area contributed by atoms with Gasteiger partial charge in [0, 0.05) is 5.38 Å². The first-order valence-corrected chi connectivity index (χ1v) is 9.50. The number of aromatic nitrogens is 1. The molecule has 3 aromatic rings. The van der Waals surface area contributed by atoms with Gasteiger partial charge in [0.15, 0.2) is 10.8 Å². The van der Waals surface area contributed by atoms with E-state index in [1.165, 1.54) is 11.4 Å². The van der Waals surface area contributed by atoms with Crippen LogP contribution in [0.25, 0.3) is 10.8 Å². The van der Waals surface area contributed by atoms with Crippen molar-refractivity contribution >= 4 is 43.2 Å². The summed E-state index contributed by atoms with van der Waals surface area (Å²) in [4.78, 5) is 15.7. The second-order valence-corrected chi connectivity index (χ2v) is 7.41. The summed E-state index contributed by atoms with van der Waals surface area (Å²) in [6.07, 6.45) is 0. The minimum Gasteiger partial charge on any atom is -0.461 e. The molecule has 0 saturated carbocycles. The predicted octanol–water partition coefficient (Wildman–Crippen LogP) is 3.27. The molecule has 0 saturated heterocycles. The average Bonchev–Trinajstić information content (AvgIpc) is 3.02. The van der Waals surface area contributed by atoms with Crippen LogP contribution in [0.1, 0.15) is 17.4 Å². The number of thiazole rings is 1. The van der Waals surface area contributed by atoms with E-state index in [1.807, 2.05) is 24.3 Å². The Labute approximate surface area is 143 Å². The van der Waals surface area contributed by atoms with Crippen LogP contribution in [0.4, 0.5) is 5.13 Å². The second kappa shape index (κ2) is 6.58. The number of ether oxygens (including phenoxy) is 1. The van der Waals surface area contributed by atoms with Gasteiger partial charge in [0.1, 0.15) is 0 Å². The molecule has 1 aromatic heterocycles. The SMILES string of the molecule is CCOC(=O)c1csc(NS(=O)(=O)c2ccc3ccccc3c2)n1. The lowest BCUT2D eigenvalue weighted by atomic mass is 10.1. The number of esters is 1. The highest BCUT2D eigenvalue weighted by Crippen LogP contribution is 2.23. The molecule has 8 heteroatoms. The Balaban J connectivity index is 1.86. The Morgan fingerprint density at radius 1 is 1.21 bits per heavy atom. The van der Waals surface area contributed by atoms with Gasteiger partial charge >= 0.3 is 5.97 Å². The van der Waals surface area contributed by atoms with Gasteiger partial charge in [-0.3, -0.25) is 4.72 Å². The zero-order valence-electron chi connectivity index (χ0n) is 12.7. The van der Waals surface area contributed by atoms with Crippen LogP contribution in [0, 0.1) is 0 Å². The maximum Gasteiger partial charge on any atom is 0.357 e. The lowest BCUT2D eigenvalue weighted by Crippen LogP contribution is -2.13. The maximum atomic E-state index is 12.5. The molecule has 1 N–H and O–H groups in total. The molecule has 0 spiro atoms. The smallest absolute Gasteiger partial charge is 0.357 e. The van der Waals surface area contributed by atoms with E-state index >= 15 is 0 Å². The van der Waals surface area contributed by atoms with E-state index in [1.54, 1.807) is 19.1 Å². The number of benzene rings is 2. The van der Waals surface area contributed by atoms with Gasteiger partial charge in [0.25, 0.3) is 10.0 Å². The third-order valence-corrected chi connectivity index (χ3v) is 5.47. The number of sulfonamides is 1. The van der Waals surface area contributed by atoms with Crippen LogP contribution in [-0.2, 0) is 14.8 Å². The second-order valence-electron chi connectivity index (χ2n) is 4.87. The summed E-state index contributed by atoms with van der Waals surface area (Å²) in [7, 11) is -3.78. The van der Waals surface area contributed by atoms with Crippen molar-refractivity contribution in [3.05, 3.63) is 53.5 Å². The van der Waals surface area contributed by atoms with E-state index in [0.717, 1.165) is 22.1 Å². The molecule has 0 atom stereocenters. The lowest BCUT2D eigenvalue weighted by Gasteiger charge is -2.06. The van der Waals surface area contributed by atoms with E-state index < -0.39 is 16.0 Å². The van der Waals surface area contributed by atoms with Gasteiger partial charge in [0.2, 0.25) is 0 Å². The van der Waals surface area contributed by atoms with Gasteiger partial charge in [-0.2, -0.15) is 0 Å². The number of nitrogens with one attached hydrogen (secondary N) is 1. The topological polar surface area (TPSA) is 85.4 Å². The third-order valence-electron chi connectivity index (χ3n) is 3.24. The zero-order valence-corrected chi connectivity index (χ0v) is 14.4. The first-order valence-electron chi connectivity index (χ1n) is 7.14. The minimum absolute atomic E-state index is 0.0815. The van der Waals surface area contributed by atoms with Crippen molar-refractivity contribution in [1.82, 2.24) is 4.98 Å². The highest BCUT2D eigenvalue weighted by molar-refractivity contribution is 7.93. The number of hydrogen-bond donors (Lipinski definition) is 1. The monoisotopic (exact) mass is 362 g/mol. The van der Waals surface area contributed by atoms with Crippen LogP contribution in [0.3, 0.4) is 0 Å². The highest BCUT2D eigenvalue weighted by atomic mass is 32.2. The molecule has 0 aliphatic heterocycles. The van der Waals surface area contributed by atoms with Crippen LogP contribution in [0.15, 0.2) is 52.7 Å². The molecule has 2 aromatic carbocycles. The molecule has 0 unspecified atom stereocenters. The largest absolute Gasteiger partial charge is 0.461 e. The van der Waals surface area contributed by atoms with Gasteiger partial charge in [-0.05, 0) is 29.8 Å². The number of fused-ring (bicyclic) bond motifs is 1. The van der Waals surface area contributed by atoms with E-state index in [-0.39, 0.29) is 22.3 Å². The highest BCUT2D eigenvalue weighted by Gasteiger charge is 2.18. The summed E-state index contributed by atoms with van der Waals surface area (Å²) in [6.45, 7) is 1.92. The fraction of sp³-hybridized carbons (Fsp3) is 0.125. The molecule has 24 heavy (non-hydrogen) atoms. The van der Waals surface area contributed by atoms with Crippen molar-refractivity contribution in [2.24, 2.45) is 0 Å². The van der Waals surface area contributed by atoms with Crippen molar-refractivity contribution in [1.29, 1.82) is 0 Å². The van der Waals surface area contributed by atoms with Crippen LogP contribution in [0.5, 0.6) is 0 Å². The quantitative estimate of drug-likeness (QED) is 0.704. The summed E-state index contributed by atoms with van der Waals surface area (Å²) >= 11 is 1.03. The van der Waals surface area contributed by atoms with Crippen LogP contribution in [-0.4, -0.2) is 26.0 Å². The Morgan fingerprint density at radius 3 is 2.71 bits per heavy atom. The fourth-order valence-electron chi connectivity index (χ4n) is 2.13. The molecule has 0 aliphatic carbocycles. The average molecular weight is 362 g/mol. The molecule has 0 fully saturated rings. The molecule has 0 bridgehead atoms. The molecular formula is C16H14N2O4S2.